The van der Waals surface area contributed by atoms with E-state index >= 15 is 0 Å². The second kappa shape index (κ2) is 8.99. The molecule has 0 bridgehead atoms. The summed E-state index contributed by atoms with van der Waals surface area (Å²) in [6.07, 6.45) is -0.505. The van der Waals surface area contributed by atoms with Gasteiger partial charge in [-0.1, -0.05) is 25.1 Å². The van der Waals surface area contributed by atoms with E-state index in [2.05, 4.69) is 5.32 Å². The Balaban J connectivity index is 2.16. The number of hydrogen-bond donors (Lipinski definition) is 1. The summed E-state index contributed by atoms with van der Waals surface area (Å²) in [6, 6.07) is 10.9. The summed E-state index contributed by atoms with van der Waals surface area (Å²) in [5, 5.41) is 2.74. The Labute approximate surface area is 152 Å². The van der Waals surface area contributed by atoms with Crippen molar-refractivity contribution in [3.8, 4) is 5.75 Å². The predicted octanol–water partition coefficient (Wildman–Crippen LogP) is 4.11. The number of para-hydroxylation sites is 1. The third kappa shape index (κ3) is 4.59. The zero-order chi connectivity index (χ0) is 19.1. The van der Waals surface area contributed by atoms with Gasteiger partial charge >= 0.3 is 5.97 Å². The lowest BCUT2D eigenvalue weighted by molar-refractivity contribution is -0.122. The highest BCUT2D eigenvalue weighted by Gasteiger charge is 2.21. The van der Waals surface area contributed by atoms with Gasteiger partial charge in [-0.05, 0) is 50.1 Å². The van der Waals surface area contributed by atoms with Crippen LogP contribution in [0.15, 0.2) is 42.5 Å². The Morgan fingerprint density at radius 3 is 2.50 bits per heavy atom. The molecule has 2 aromatic carbocycles. The lowest BCUT2D eigenvalue weighted by atomic mass is 10.1. The van der Waals surface area contributed by atoms with Gasteiger partial charge in [0.05, 0.1) is 12.2 Å². The van der Waals surface area contributed by atoms with Crippen LogP contribution >= 0.6 is 0 Å². The number of rotatable bonds is 7. The lowest BCUT2D eigenvalue weighted by Crippen LogP contribution is -2.33. The molecule has 0 aromatic heterocycles. The second-order valence-electron chi connectivity index (χ2n) is 5.63. The van der Waals surface area contributed by atoms with Crippen molar-refractivity contribution in [1.29, 1.82) is 0 Å². The van der Waals surface area contributed by atoms with Crippen LogP contribution in [-0.4, -0.2) is 24.6 Å². The minimum atomic E-state index is -0.863. The highest BCUT2D eigenvalue weighted by Crippen LogP contribution is 2.22. The first-order valence-electron chi connectivity index (χ1n) is 8.46. The Hall–Kier alpha value is -2.89. The Morgan fingerprint density at radius 1 is 1.12 bits per heavy atom. The third-order valence-corrected chi connectivity index (χ3v) is 3.86. The molecule has 0 radical (unpaired) electrons. The minimum absolute atomic E-state index is 0.0199. The molecular formula is C20H22FNO4. The number of halogens is 1. The van der Waals surface area contributed by atoms with Crippen LogP contribution in [0.25, 0.3) is 0 Å². The molecule has 0 aliphatic heterocycles. The van der Waals surface area contributed by atoms with Gasteiger partial charge in [-0.25, -0.2) is 9.18 Å². The normalized spacial score (nSPS) is 11.5. The predicted molar refractivity (Wildman–Crippen MR) is 96.9 cm³/mol. The molecule has 138 valence electrons. The maximum Gasteiger partial charge on any atom is 0.338 e. The summed E-state index contributed by atoms with van der Waals surface area (Å²) in [5.41, 5.74) is 1.46. The number of amides is 1. The molecule has 0 saturated carbocycles. The molecule has 1 N–H and O–H groups in total. The number of hydrogen-bond acceptors (Lipinski definition) is 4. The van der Waals surface area contributed by atoms with Crippen LogP contribution in [0.2, 0.25) is 0 Å². The van der Waals surface area contributed by atoms with Crippen LogP contribution in [-0.2, 0) is 9.53 Å². The average molecular weight is 359 g/mol. The molecule has 5 nitrogen and oxygen atoms in total. The number of esters is 1. The van der Waals surface area contributed by atoms with E-state index in [1.165, 1.54) is 12.1 Å². The summed E-state index contributed by atoms with van der Waals surface area (Å²) < 4.78 is 24.3. The monoisotopic (exact) mass is 359 g/mol. The third-order valence-electron chi connectivity index (χ3n) is 3.86. The molecule has 0 heterocycles. The molecule has 6 heteroatoms. The molecule has 26 heavy (non-hydrogen) atoms. The summed E-state index contributed by atoms with van der Waals surface area (Å²) in [7, 11) is 0. The van der Waals surface area contributed by atoms with Gasteiger partial charge in [-0.15, -0.1) is 0 Å². The van der Waals surface area contributed by atoms with Crippen LogP contribution in [0, 0.1) is 12.7 Å². The van der Waals surface area contributed by atoms with Crippen LogP contribution in [0.1, 0.15) is 36.2 Å². The minimum Gasteiger partial charge on any atom is -0.478 e. The maximum absolute atomic E-state index is 13.7. The van der Waals surface area contributed by atoms with Gasteiger partial charge in [-0.2, -0.15) is 0 Å². The average Bonchev–Trinajstić information content (AvgIpc) is 2.62. The van der Waals surface area contributed by atoms with E-state index in [4.69, 9.17) is 9.47 Å². The first-order chi connectivity index (χ1) is 12.5. The SMILES string of the molecule is CCOC(=O)c1cccc(NC(=O)[C@@H](CC)Oc2ccccc2F)c1C. The van der Waals surface area contributed by atoms with Crippen molar-refractivity contribution in [3.05, 3.63) is 59.4 Å². The quantitative estimate of drug-likeness (QED) is 0.756. The van der Waals surface area contributed by atoms with Gasteiger partial charge in [0.15, 0.2) is 17.7 Å². The number of benzene rings is 2. The lowest BCUT2D eigenvalue weighted by Gasteiger charge is -2.19. The van der Waals surface area contributed by atoms with Gasteiger partial charge in [-0.3, -0.25) is 4.79 Å². The van der Waals surface area contributed by atoms with E-state index in [0.29, 0.717) is 23.2 Å². The summed E-state index contributed by atoms with van der Waals surface area (Å²) >= 11 is 0. The van der Waals surface area contributed by atoms with Crippen LogP contribution in [0.5, 0.6) is 5.75 Å². The zero-order valence-electron chi connectivity index (χ0n) is 15.0. The van der Waals surface area contributed by atoms with Gasteiger partial charge in [0.1, 0.15) is 0 Å². The molecule has 1 atom stereocenters. The molecule has 1 amide bonds. The molecule has 0 unspecified atom stereocenters. The highest BCUT2D eigenvalue weighted by molar-refractivity contribution is 5.98. The van der Waals surface area contributed by atoms with Crippen LogP contribution in [0.4, 0.5) is 10.1 Å². The first kappa shape index (κ1) is 19.4. The molecule has 0 aliphatic rings. The van der Waals surface area contributed by atoms with Crippen molar-refractivity contribution in [2.45, 2.75) is 33.3 Å². The number of anilines is 1. The van der Waals surface area contributed by atoms with E-state index < -0.39 is 23.8 Å². The van der Waals surface area contributed by atoms with Crippen molar-refractivity contribution < 1.29 is 23.5 Å². The standard InChI is InChI=1S/C20H22FNO4/c1-4-17(26-18-12-7-6-10-15(18)21)19(23)22-16-11-8-9-14(13(16)3)20(24)25-5-2/h6-12,17H,4-5H2,1-3H3,(H,22,23)/t17-/m1/s1. The number of ether oxygens (including phenoxy) is 2. The van der Waals surface area contributed by atoms with E-state index in [-0.39, 0.29) is 12.4 Å². The van der Waals surface area contributed by atoms with Gasteiger partial charge in [0.25, 0.3) is 5.91 Å². The van der Waals surface area contributed by atoms with Crippen molar-refractivity contribution in [2.75, 3.05) is 11.9 Å². The number of carbonyl (C=O) groups excluding carboxylic acids is 2. The van der Waals surface area contributed by atoms with Crippen molar-refractivity contribution in [3.63, 3.8) is 0 Å². The fraction of sp³-hybridized carbons (Fsp3) is 0.300. The van der Waals surface area contributed by atoms with Gasteiger partial charge in [0, 0.05) is 5.69 Å². The highest BCUT2D eigenvalue weighted by atomic mass is 19.1. The number of carbonyl (C=O) groups is 2. The van der Waals surface area contributed by atoms with Gasteiger partial charge in [0.2, 0.25) is 0 Å². The van der Waals surface area contributed by atoms with Crippen LogP contribution < -0.4 is 10.1 Å². The molecule has 0 fully saturated rings. The second-order valence-corrected chi connectivity index (χ2v) is 5.63. The van der Waals surface area contributed by atoms with E-state index in [1.54, 1.807) is 51.1 Å². The fourth-order valence-electron chi connectivity index (χ4n) is 2.43. The largest absolute Gasteiger partial charge is 0.478 e. The van der Waals surface area contributed by atoms with E-state index in [9.17, 15) is 14.0 Å². The van der Waals surface area contributed by atoms with Crippen molar-refractivity contribution in [2.24, 2.45) is 0 Å². The molecule has 0 aliphatic carbocycles. The van der Waals surface area contributed by atoms with Gasteiger partial charge < -0.3 is 14.8 Å². The summed E-state index contributed by atoms with van der Waals surface area (Å²) in [4.78, 5) is 24.5. The first-order valence-corrected chi connectivity index (χ1v) is 8.46. The summed E-state index contributed by atoms with van der Waals surface area (Å²) in [5.74, 6) is -1.37. The molecule has 2 aromatic rings. The molecule has 0 spiro atoms. The number of nitrogens with one attached hydrogen (secondary N) is 1. The molecular weight excluding hydrogens is 337 g/mol. The van der Waals surface area contributed by atoms with Crippen molar-refractivity contribution >= 4 is 17.6 Å². The Bertz CT molecular complexity index is 791. The molecule has 2 rings (SSSR count). The van der Waals surface area contributed by atoms with Crippen LogP contribution in [0.3, 0.4) is 0 Å². The smallest absolute Gasteiger partial charge is 0.338 e. The maximum atomic E-state index is 13.7. The zero-order valence-corrected chi connectivity index (χ0v) is 15.0. The summed E-state index contributed by atoms with van der Waals surface area (Å²) in [6.45, 7) is 5.49. The van der Waals surface area contributed by atoms with E-state index in [1.807, 2.05) is 0 Å². The Kier molecular flexibility index (Phi) is 6.72. The van der Waals surface area contributed by atoms with E-state index in [0.717, 1.165) is 0 Å². The van der Waals surface area contributed by atoms with Crippen molar-refractivity contribution in [1.82, 2.24) is 0 Å². The fourth-order valence-corrected chi connectivity index (χ4v) is 2.43. The molecule has 0 saturated heterocycles. The Morgan fingerprint density at radius 2 is 1.85 bits per heavy atom. The topological polar surface area (TPSA) is 64.6 Å².